The lowest BCUT2D eigenvalue weighted by molar-refractivity contribution is -0.141. The van der Waals surface area contributed by atoms with Gasteiger partial charge >= 0.3 is 17.9 Å². The Morgan fingerprint density at radius 3 is 1.82 bits per heavy atom. The lowest BCUT2D eigenvalue weighted by Gasteiger charge is -2.41. The molecule has 2 aromatic rings. The third-order valence-corrected chi connectivity index (χ3v) is 8.10. The number of hydrogen-bond acceptors (Lipinski definition) is 7. The molecule has 1 saturated carbocycles. The zero-order valence-electron chi connectivity index (χ0n) is 23.1. The van der Waals surface area contributed by atoms with E-state index < -0.39 is 17.4 Å². The normalized spacial score (nSPS) is 14.8. The van der Waals surface area contributed by atoms with E-state index >= 15 is 0 Å². The van der Waals surface area contributed by atoms with Crippen LogP contribution >= 0.6 is 0 Å². The van der Waals surface area contributed by atoms with Crippen molar-refractivity contribution in [2.45, 2.75) is 70.6 Å². The van der Waals surface area contributed by atoms with Gasteiger partial charge in [0, 0.05) is 18.4 Å². The van der Waals surface area contributed by atoms with Crippen molar-refractivity contribution in [3.05, 3.63) is 71.8 Å². The quantitative estimate of drug-likeness (QED) is 0.215. The highest BCUT2D eigenvalue weighted by Gasteiger charge is 2.39. The van der Waals surface area contributed by atoms with E-state index in [1.165, 1.54) is 13.5 Å². The number of hydrogen-bond donors (Lipinski definition) is 1. The number of aliphatic hydroxyl groups is 1. The summed E-state index contributed by atoms with van der Waals surface area (Å²) in [4.78, 5) is 37.7. The second-order valence-electron chi connectivity index (χ2n) is 10.8. The maximum Gasteiger partial charge on any atom is 0.338 e. The molecule has 212 valence electrons. The number of ether oxygens (including phenoxy) is 3. The summed E-state index contributed by atoms with van der Waals surface area (Å²) in [5, 5.41) is 9.86. The second kappa shape index (κ2) is 15.4. The summed E-state index contributed by atoms with van der Waals surface area (Å²) >= 11 is 0. The van der Waals surface area contributed by atoms with Gasteiger partial charge in [-0.2, -0.15) is 0 Å². The molecular weight excluding hydrogens is 496 g/mol. The Morgan fingerprint density at radius 1 is 0.795 bits per heavy atom. The molecule has 0 aliphatic heterocycles. The van der Waals surface area contributed by atoms with E-state index in [1.54, 1.807) is 48.5 Å². The largest absolute Gasteiger partial charge is 0.469 e. The number of aliphatic hydroxyl groups excluding tert-OH is 1. The Hall–Kier alpha value is -3.19. The maximum atomic E-state index is 12.9. The summed E-state index contributed by atoms with van der Waals surface area (Å²) in [6, 6.07) is 17.6. The first-order valence-electron chi connectivity index (χ1n) is 14.0. The minimum absolute atomic E-state index is 0.00742. The van der Waals surface area contributed by atoms with Crippen molar-refractivity contribution < 1.29 is 33.7 Å². The van der Waals surface area contributed by atoms with Crippen LogP contribution in [-0.4, -0.2) is 49.9 Å². The standard InChI is InChI=1S/C32H42O7/c1-37-28(34)16-11-19-32(24-38-29(35)26-12-5-2-6-13-26,25-39-30(36)27-14-7-3-8-15-27)21-20-31(22-23-33)17-9-4-10-18-31/h2-3,5-8,12-15,33H,4,9-11,16-25H2,1H3. The number of carbonyl (C=O) groups excluding carboxylic acids is 3. The molecule has 0 aromatic heterocycles. The summed E-state index contributed by atoms with van der Waals surface area (Å²) < 4.78 is 16.5. The van der Waals surface area contributed by atoms with Crippen molar-refractivity contribution in [2.24, 2.45) is 10.8 Å². The predicted molar refractivity (Wildman–Crippen MR) is 148 cm³/mol. The van der Waals surface area contributed by atoms with Crippen LogP contribution in [0.25, 0.3) is 0 Å². The van der Waals surface area contributed by atoms with Crippen LogP contribution < -0.4 is 0 Å². The van der Waals surface area contributed by atoms with Crippen LogP contribution in [0.15, 0.2) is 60.7 Å². The summed E-state index contributed by atoms with van der Waals surface area (Å²) in [5.41, 5.74) is 0.216. The van der Waals surface area contributed by atoms with Crippen molar-refractivity contribution in [1.29, 1.82) is 0 Å². The minimum atomic E-state index is -0.692. The van der Waals surface area contributed by atoms with E-state index in [4.69, 9.17) is 14.2 Å². The molecule has 0 saturated heterocycles. The summed E-state index contributed by atoms with van der Waals surface area (Å²) in [6.45, 7) is 0.236. The average molecular weight is 539 g/mol. The Bertz CT molecular complexity index is 968. The van der Waals surface area contributed by atoms with Crippen LogP contribution in [0.4, 0.5) is 0 Å². The van der Waals surface area contributed by atoms with E-state index in [9.17, 15) is 19.5 Å². The van der Waals surface area contributed by atoms with Crippen molar-refractivity contribution in [3.63, 3.8) is 0 Å². The average Bonchev–Trinajstić information content (AvgIpc) is 2.98. The van der Waals surface area contributed by atoms with E-state index in [0.717, 1.165) is 38.5 Å². The van der Waals surface area contributed by atoms with Gasteiger partial charge in [0.1, 0.15) is 13.2 Å². The SMILES string of the molecule is COC(=O)CCCC(CCC1(CCO)CCCCC1)(COC(=O)c1ccccc1)COC(=O)c1ccccc1. The Balaban J connectivity index is 1.84. The molecular formula is C32H42O7. The summed E-state index contributed by atoms with van der Waals surface area (Å²) in [6.07, 6.45) is 8.95. The fraction of sp³-hybridized carbons (Fsp3) is 0.531. The second-order valence-corrected chi connectivity index (χ2v) is 10.8. The van der Waals surface area contributed by atoms with Gasteiger partial charge in [-0.1, -0.05) is 55.7 Å². The molecule has 2 aromatic carbocycles. The van der Waals surface area contributed by atoms with Crippen molar-refractivity contribution in [2.75, 3.05) is 26.9 Å². The van der Waals surface area contributed by atoms with Gasteiger partial charge < -0.3 is 19.3 Å². The van der Waals surface area contributed by atoms with Crippen LogP contribution in [0, 0.1) is 10.8 Å². The van der Waals surface area contributed by atoms with Gasteiger partial charge in [0.15, 0.2) is 0 Å². The van der Waals surface area contributed by atoms with Crippen LogP contribution in [0.2, 0.25) is 0 Å². The lowest BCUT2D eigenvalue weighted by atomic mass is 9.66. The molecule has 1 aliphatic carbocycles. The van der Waals surface area contributed by atoms with E-state index in [-0.39, 0.29) is 37.6 Å². The van der Waals surface area contributed by atoms with Gasteiger partial charge in [0.05, 0.1) is 18.2 Å². The molecule has 0 amide bonds. The van der Waals surface area contributed by atoms with E-state index in [0.29, 0.717) is 30.4 Å². The highest BCUT2D eigenvalue weighted by atomic mass is 16.5. The number of rotatable bonds is 15. The first-order valence-corrected chi connectivity index (χ1v) is 14.0. The molecule has 1 N–H and O–H groups in total. The highest BCUT2D eigenvalue weighted by Crippen LogP contribution is 2.46. The maximum absolute atomic E-state index is 12.9. The molecule has 0 radical (unpaired) electrons. The number of esters is 3. The fourth-order valence-corrected chi connectivity index (χ4v) is 5.61. The fourth-order valence-electron chi connectivity index (χ4n) is 5.61. The third kappa shape index (κ3) is 9.50. The highest BCUT2D eigenvalue weighted by molar-refractivity contribution is 5.89. The van der Waals surface area contributed by atoms with Crippen LogP contribution in [0.3, 0.4) is 0 Å². The molecule has 7 heteroatoms. The number of carbonyl (C=O) groups is 3. The topological polar surface area (TPSA) is 99.1 Å². The Labute approximate surface area is 231 Å². The summed E-state index contributed by atoms with van der Waals surface area (Å²) in [7, 11) is 1.36. The molecule has 7 nitrogen and oxygen atoms in total. The van der Waals surface area contributed by atoms with Gasteiger partial charge in [-0.05, 0) is 74.6 Å². The zero-order valence-corrected chi connectivity index (χ0v) is 23.1. The smallest absolute Gasteiger partial charge is 0.338 e. The van der Waals surface area contributed by atoms with E-state index in [2.05, 4.69) is 0 Å². The van der Waals surface area contributed by atoms with Gasteiger partial charge in [0.25, 0.3) is 0 Å². The molecule has 3 rings (SSSR count). The first-order chi connectivity index (χ1) is 18.9. The molecule has 39 heavy (non-hydrogen) atoms. The molecule has 0 bridgehead atoms. The monoisotopic (exact) mass is 538 g/mol. The lowest BCUT2D eigenvalue weighted by Crippen LogP contribution is -2.37. The number of benzene rings is 2. The van der Waals surface area contributed by atoms with Crippen LogP contribution in [-0.2, 0) is 19.0 Å². The van der Waals surface area contributed by atoms with Crippen molar-refractivity contribution in [3.8, 4) is 0 Å². The van der Waals surface area contributed by atoms with Gasteiger partial charge in [-0.15, -0.1) is 0 Å². The van der Waals surface area contributed by atoms with Gasteiger partial charge in [-0.3, -0.25) is 4.79 Å². The van der Waals surface area contributed by atoms with Gasteiger partial charge in [-0.25, -0.2) is 9.59 Å². The van der Waals surface area contributed by atoms with Crippen molar-refractivity contribution in [1.82, 2.24) is 0 Å². The number of methoxy groups -OCH3 is 1. The van der Waals surface area contributed by atoms with Crippen LogP contribution in [0.1, 0.15) is 91.3 Å². The molecule has 0 heterocycles. The van der Waals surface area contributed by atoms with Gasteiger partial charge in [0.2, 0.25) is 0 Å². The predicted octanol–water partition coefficient (Wildman–Crippen LogP) is 6.14. The van der Waals surface area contributed by atoms with Crippen molar-refractivity contribution >= 4 is 17.9 Å². The molecule has 1 fully saturated rings. The minimum Gasteiger partial charge on any atom is -0.469 e. The van der Waals surface area contributed by atoms with Crippen LogP contribution in [0.5, 0.6) is 0 Å². The third-order valence-electron chi connectivity index (χ3n) is 8.10. The molecule has 1 aliphatic rings. The first kappa shape index (κ1) is 30.4. The molecule has 0 unspecified atom stereocenters. The summed E-state index contributed by atoms with van der Waals surface area (Å²) in [5.74, 6) is -1.19. The molecule has 0 atom stereocenters. The zero-order chi connectivity index (χ0) is 28.0. The Kier molecular flexibility index (Phi) is 12.0. The molecule has 0 spiro atoms. The Morgan fingerprint density at radius 2 is 1.33 bits per heavy atom. The van der Waals surface area contributed by atoms with E-state index in [1.807, 2.05) is 12.1 Å².